The van der Waals surface area contributed by atoms with Crippen LogP contribution >= 0.6 is 0 Å². The van der Waals surface area contributed by atoms with E-state index in [1.807, 2.05) is 0 Å². The standard InChI is InChI=1S/C13H16F3N3O2/c14-13(15,16)9-5-2-1-4-8(9)11(20)18-19-12(21)10-6-3-7-17-10/h3,6-9,17H,1-2,4-5H2,(H,18,20)(H,19,21). The summed E-state index contributed by atoms with van der Waals surface area (Å²) in [5, 5.41) is 0. The Bertz CT molecular complexity index is 499. The molecule has 1 aromatic heterocycles. The van der Waals surface area contributed by atoms with Crippen molar-refractivity contribution in [3.05, 3.63) is 24.0 Å². The van der Waals surface area contributed by atoms with Gasteiger partial charge in [-0.3, -0.25) is 20.4 Å². The van der Waals surface area contributed by atoms with Gasteiger partial charge in [-0.05, 0) is 25.0 Å². The summed E-state index contributed by atoms with van der Waals surface area (Å²) in [4.78, 5) is 26.1. The lowest BCUT2D eigenvalue weighted by molar-refractivity contribution is -0.198. The summed E-state index contributed by atoms with van der Waals surface area (Å²) in [5.41, 5.74) is 4.42. The summed E-state index contributed by atoms with van der Waals surface area (Å²) in [5.74, 6) is -4.19. The Morgan fingerprint density at radius 3 is 2.52 bits per heavy atom. The van der Waals surface area contributed by atoms with Gasteiger partial charge in [0.25, 0.3) is 5.91 Å². The van der Waals surface area contributed by atoms with Crippen molar-refractivity contribution < 1.29 is 22.8 Å². The molecule has 1 saturated carbocycles. The number of nitrogens with one attached hydrogen (secondary N) is 3. The maximum absolute atomic E-state index is 12.9. The lowest BCUT2D eigenvalue weighted by atomic mass is 9.78. The van der Waals surface area contributed by atoms with Crippen molar-refractivity contribution in [2.75, 3.05) is 0 Å². The minimum absolute atomic E-state index is 0.0494. The number of carbonyl (C=O) groups is 2. The highest BCUT2D eigenvalue weighted by Crippen LogP contribution is 2.41. The van der Waals surface area contributed by atoms with Crippen LogP contribution in [0.5, 0.6) is 0 Å². The Hall–Kier alpha value is -1.99. The summed E-state index contributed by atoms with van der Waals surface area (Å²) < 4.78 is 38.7. The molecule has 0 saturated heterocycles. The molecule has 5 nitrogen and oxygen atoms in total. The molecule has 0 aromatic carbocycles. The van der Waals surface area contributed by atoms with E-state index < -0.39 is 29.8 Å². The van der Waals surface area contributed by atoms with E-state index in [0.717, 1.165) is 0 Å². The van der Waals surface area contributed by atoms with Crippen LogP contribution < -0.4 is 10.9 Å². The molecule has 1 aromatic rings. The summed E-state index contributed by atoms with van der Waals surface area (Å²) in [6, 6.07) is 3.08. The summed E-state index contributed by atoms with van der Waals surface area (Å²) in [6.45, 7) is 0. The molecular formula is C13H16F3N3O2. The van der Waals surface area contributed by atoms with E-state index in [1.54, 1.807) is 6.07 Å². The zero-order chi connectivity index (χ0) is 15.5. The van der Waals surface area contributed by atoms with E-state index in [-0.39, 0.29) is 18.5 Å². The highest BCUT2D eigenvalue weighted by Gasteiger charge is 2.48. The fraction of sp³-hybridized carbons (Fsp3) is 0.538. The van der Waals surface area contributed by atoms with Gasteiger partial charge in [0.15, 0.2) is 0 Å². The van der Waals surface area contributed by atoms with Gasteiger partial charge in [0.2, 0.25) is 5.91 Å². The Morgan fingerprint density at radius 1 is 1.19 bits per heavy atom. The molecule has 0 bridgehead atoms. The average Bonchev–Trinajstić information content (AvgIpc) is 2.97. The molecule has 8 heteroatoms. The molecule has 0 radical (unpaired) electrons. The molecule has 1 fully saturated rings. The molecule has 0 aliphatic heterocycles. The van der Waals surface area contributed by atoms with Crippen molar-refractivity contribution in [3.63, 3.8) is 0 Å². The van der Waals surface area contributed by atoms with Gasteiger partial charge in [-0.15, -0.1) is 0 Å². The summed E-state index contributed by atoms with van der Waals surface area (Å²) >= 11 is 0. The summed E-state index contributed by atoms with van der Waals surface area (Å²) in [6.07, 6.45) is -1.71. The van der Waals surface area contributed by atoms with Crippen LogP contribution in [-0.2, 0) is 4.79 Å². The van der Waals surface area contributed by atoms with E-state index in [9.17, 15) is 22.8 Å². The van der Waals surface area contributed by atoms with E-state index in [2.05, 4.69) is 15.8 Å². The van der Waals surface area contributed by atoms with E-state index in [1.165, 1.54) is 12.3 Å². The first-order valence-corrected chi connectivity index (χ1v) is 6.70. The number of alkyl halides is 3. The molecule has 1 aliphatic rings. The second-order valence-corrected chi connectivity index (χ2v) is 5.07. The fourth-order valence-electron chi connectivity index (χ4n) is 2.59. The minimum Gasteiger partial charge on any atom is -0.357 e. The van der Waals surface area contributed by atoms with Crippen LogP contribution in [0, 0.1) is 11.8 Å². The number of hydrogen-bond acceptors (Lipinski definition) is 2. The topological polar surface area (TPSA) is 74.0 Å². The van der Waals surface area contributed by atoms with Crippen molar-refractivity contribution in [2.24, 2.45) is 11.8 Å². The second-order valence-electron chi connectivity index (χ2n) is 5.07. The number of H-pyrrole nitrogens is 1. The average molecular weight is 303 g/mol. The zero-order valence-corrected chi connectivity index (χ0v) is 11.2. The molecule has 21 heavy (non-hydrogen) atoms. The number of halogens is 3. The van der Waals surface area contributed by atoms with E-state index >= 15 is 0 Å². The van der Waals surface area contributed by atoms with Gasteiger partial charge in [-0.25, -0.2) is 0 Å². The minimum atomic E-state index is -4.40. The van der Waals surface area contributed by atoms with E-state index in [4.69, 9.17) is 0 Å². The number of hydrazine groups is 1. The number of amides is 2. The third-order valence-electron chi connectivity index (χ3n) is 3.66. The second kappa shape index (κ2) is 6.19. The van der Waals surface area contributed by atoms with Crippen LogP contribution in [0.15, 0.2) is 18.3 Å². The van der Waals surface area contributed by atoms with Crippen LogP contribution in [0.3, 0.4) is 0 Å². The maximum atomic E-state index is 12.9. The number of hydrogen-bond donors (Lipinski definition) is 3. The van der Waals surface area contributed by atoms with Gasteiger partial charge in [-0.1, -0.05) is 12.8 Å². The molecule has 2 unspecified atom stereocenters. The lowest BCUT2D eigenvalue weighted by Crippen LogP contribution is -2.49. The largest absolute Gasteiger partial charge is 0.392 e. The molecule has 3 N–H and O–H groups in total. The Morgan fingerprint density at radius 2 is 1.90 bits per heavy atom. The van der Waals surface area contributed by atoms with Crippen molar-refractivity contribution in [2.45, 2.75) is 31.9 Å². The highest BCUT2D eigenvalue weighted by atomic mass is 19.4. The number of aromatic nitrogens is 1. The van der Waals surface area contributed by atoms with Crippen LogP contribution in [0.4, 0.5) is 13.2 Å². The normalized spacial score (nSPS) is 22.6. The SMILES string of the molecule is O=C(NNC(=O)C1CCCCC1C(F)(F)F)c1ccc[nH]1. The molecule has 0 spiro atoms. The molecule has 2 atom stereocenters. The van der Waals surface area contributed by atoms with Crippen molar-refractivity contribution in [1.29, 1.82) is 0 Å². The van der Waals surface area contributed by atoms with Gasteiger partial charge in [-0.2, -0.15) is 13.2 Å². The first-order chi connectivity index (χ1) is 9.89. The predicted octanol–water partition coefficient (Wildman–Crippen LogP) is 2.14. The Labute approximate surface area is 119 Å². The third-order valence-corrected chi connectivity index (χ3v) is 3.66. The molecule has 116 valence electrons. The molecule has 1 heterocycles. The molecule has 1 aliphatic carbocycles. The van der Waals surface area contributed by atoms with E-state index in [0.29, 0.717) is 12.8 Å². The van der Waals surface area contributed by atoms with Crippen LogP contribution in [-0.4, -0.2) is 23.0 Å². The van der Waals surface area contributed by atoms with Gasteiger partial charge >= 0.3 is 6.18 Å². The Balaban J connectivity index is 1.93. The highest BCUT2D eigenvalue weighted by molar-refractivity contribution is 5.94. The molecule has 2 amide bonds. The van der Waals surface area contributed by atoms with Crippen molar-refractivity contribution >= 4 is 11.8 Å². The van der Waals surface area contributed by atoms with Gasteiger partial charge < -0.3 is 4.98 Å². The number of rotatable bonds is 2. The van der Waals surface area contributed by atoms with Crippen LogP contribution in [0.1, 0.15) is 36.2 Å². The number of aromatic amines is 1. The predicted molar refractivity (Wildman–Crippen MR) is 67.9 cm³/mol. The van der Waals surface area contributed by atoms with Crippen LogP contribution in [0.25, 0.3) is 0 Å². The third kappa shape index (κ3) is 3.77. The first kappa shape index (κ1) is 15.4. The van der Waals surface area contributed by atoms with Crippen molar-refractivity contribution in [1.82, 2.24) is 15.8 Å². The van der Waals surface area contributed by atoms with Gasteiger partial charge in [0.05, 0.1) is 11.8 Å². The first-order valence-electron chi connectivity index (χ1n) is 6.70. The zero-order valence-electron chi connectivity index (χ0n) is 11.2. The monoisotopic (exact) mass is 303 g/mol. The van der Waals surface area contributed by atoms with Gasteiger partial charge in [0.1, 0.15) is 5.69 Å². The Kier molecular flexibility index (Phi) is 4.54. The summed E-state index contributed by atoms with van der Waals surface area (Å²) in [7, 11) is 0. The van der Waals surface area contributed by atoms with Crippen molar-refractivity contribution in [3.8, 4) is 0 Å². The quantitative estimate of drug-likeness (QED) is 0.732. The lowest BCUT2D eigenvalue weighted by Gasteiger charge is -2.31. The molecule has 2 rings (SSSR count). The molecular weight excluding hydrogens is 287 g/mol. The maximum Gasteiger partial charge on any atom is 0.392 e. The van der Waals surface area contributed by atoms with Gasteiger partial charge in [0, 0.05) is 6.20 Å². The fourth-order valence-corrected chi connectivity index (χ4v) is 2.59. The number of carbonyl (C=O) groups excluding carboxylic acids is 2. The smallest absolute Gasteiger partial charge is 0.357 e. The van der Waals surface area contributed by atoms with Crippen LogP contribution in [0.2, 0.25) is 0 Å².